The molecule has 0 aliphatic rings. The molecular weight excluding hydrogens is 418 g/mol. The SMILES string of the molecule is CS(=O)c1cnc2ccccc2c1Sc1cnc2cccc([N+](=O)[O-])c2c1Cl. The summed E-state index contributed by atoms with van der Waals surface area (Å²) < 4.78 is 12.3. The number of nitro groups is 1. The van der Waals surface area contributed by atoms with Gasteiger partial charge in [-0.2, -0.15) is 0 Å². The van der Waals surface area contributed by atoms with Crippen LogP contribution in [0.25, 0.3) is 21.8 Å². The molecule has 0 saturated carbocycles. The number of hydrogen-bond donors (Lipinski definition) is 0. The number of para-hydroxylation sites is 1. The smallest absolute Gasteiger partial charge is 0.258 e. The highest BCUT2D eigenvalue weighted by atomic mass is 35.5. The Bertz CT molecular complexity index is 1280. The highest BCUT2D eigenvalue weighted by Crippen LogP contribution is 2.43. The van der Waals surface area contributed by atoms with Crippen LogP contribution in [0.2, 0.25) is 5.02 Å². The monoisotopic (exact) mass is 429 g/mol. The summed E-state index contributed by atoms with van der Waals surface area (Å²) in [5, 5.41) is 12.8. The fraction of sp³-hybridized carbons (Fsp3) is 0.0526. The number of benzene rings is 2. The maximum Gasteiger partial charge on any atom is 0.280 e. The molecule has 0 fully saturated rings. The maximum absolute atomic E-state index is 12.3. The third kappa shape index (κ3) is 3.23. The van der Waals surface area contributed by atoms with Gasteiger partial charge in [0.05, 0.1) is 47.0 Å². The quantitative estimate of drug-likeness (QED) is 0.326. The minimum Gasteiger partial charge on any atom is -0.258 e. The Kier molecular flexibility index (Phi) is 5.01. The molecule has 0 saturated heterocycles. The fourth-order valence-corrected chi connectivity index (χ4v) is 5.27. The third-order valence-corrected chi connectivity index (χ3v) is 6.93. The van der Waals surface area contributed by atoms with Crippen LogP contribution in [0.15, 0.2) is 69.5 Å². The van der Waals surface area contributed by atoms with Gasteiger partial charge in [-0.05, 0) is 12.1 Å². The van der Waals surface area contributed by atoms with Crippen LogP contribution in [0.5, 0.6) is 0 Å². The summed E-state index contributed by atoms with van der Waals surface area (Å²) in [4.78, 5) is 21.5. The predicted molar refractivity (Wildman–Crippen MR) is 112 cm³/mol. The summed E-state index contributed by atoms with van der Waals surface area (Å²) in [6, 6.07) is 12.2. The van der Waals surface area contributed by atoms with E-state index in [1.807, 2.05) is 24.3 Å². The second kappa shape index (κ2) is 7.46. The van der Waals surface area contributed by atoms with Gasteiger partial charge in [0.1, 0.15) is 0 Å². The van der Waals surface area contributed by atoms with Gasteiger partial charge in [-0.25, -0.2) is 0 Å². The number of halogens is 1. The molecule has 4 aromatic rings. The zero-order valence-electron chi connectivity index (χ0n) is 14.5. The standard InChI is InChI=1S/C19H12ClN3O3S2/c1-28(26)16-10-22-12-6-3-2-5-11(12)19(16)27-15-9-21-13-7-4-8-14(23(24)25)17(13)18(15)20/h2-10H,1H3. The van der Waals surface area contributed by atoms with Crippen LogP contribution in [-0.4, -0.2) is 25.4 Å². The molecule has 0 aliphatic carbocycles. The van der Waals surface area contributed by atoms with Gasteiger partial charge in [0.2, 0.25) is 0 Å². The lowest BCUT2D eigenvalue weighted by Gasteiger charge is -2.12. The zero-order chi connectivity index (χ0) is 19.8. The van der Waals surface area contributed by atoms with Crippen molar-refractivity contribution in [1.82, 2.24) is 9.97 Å². The van der Waals surface area contributed by atoms with Gasteiger partial charge in [0, 0.05) is 35.0 Å². The molecule has 140 valence electrons. The molecule has 1 atom stereocenters. The lowest BCUT2D eigenvalue weighted by atomic mass is 10.2. The Balaban J connectivity index is 1.95. The zero-order valence-corrected chi connectivity index (χ0v) is 16.8. The van der Waals surface area contributed by atoms with Crippen LogP contribution < -0.4 is 0 Å². The molecule has 0 amide bonds. The minimum atomic E-state index is -1.27. The summed E-state index contributed by atoms with van der Waals surface area (Å²) in [7, 11) is -1.27. The van der Waals surface area contributed by atoms with Crippen LogP contribution in [0.4, 0.5) is 5.69 Å². The van der Waals surface area contributed by atoms with Crippen molar-refractivity contribution in [3.05, 3.63) is 70.0 Å². The first-order chi connectivity index (χ1) is 13.5. The van der Waals surface area contributed by atoms with Crippen LogP contribution in [0, 0.1) is 10.1 Å². The highest BCUT2D eigenvalue weighted by molar-refractivity contribution is 8.00. The van der Waals surface area contributed by atoms with Crippen molar-refractivity contribution in [2.75, 3.05) is 6.26 Å². The number of non-ortho nitro benzene ring substituents is 1. The lowest BCUT2D eigenvalue weighted by Crippen LogP contribution is -1.96. The van der Waals surface area contributed by atoms with Crippen molar-refractivity contribution < 1.29 is 9.13 Å². The molecule has 0 N–H and O–H groups in total. The number of nitrogens with zero attached hydrogens (tertiary/aromatic N) is 3. The van der Waals surface area contributed by atoms with E-state index < -0.39 is 15.7 Å². The van der Waals surface area contributed by atoms with Gasteiger partial charge in [-0.15, -0.1) is 0 Å². The first kappa shape index (κ1) is 18.8. The van der Waals surface area contributed by atoms with Crippen molar-refractivity contribution in [2.24, 2.45) is 0 Å². The number of aromatic nitrogens is 2. The molecule has 2 aromatic carbocycles. The van der Waals surface area contributed by atoms with E-state index in [-0.39, 0.29) is 16.1 Å². The van der Waals surface area contributed by atoms with E-state index in [0.29, 0.717) is 15.3 Å². The van der Waals surface area contributed by atoms with Crippen molar-refractivity contribution in [1.29, 1.82) is 0 Å². The lowest BCUT2D eigenvalue weighted by molar-refractivity contribution is -0.383. The van der Waals surface area contributed by atoms with Crippen LogP contribution >= 0.6 is 23.4 Å². The molecule has 0 radical (unpaired) electrons. The third-order valence-electron chi connectivity index (χ3n) is 4.19. The summed E-state index contributed by atoms with van der Waals surface area (Å²) in [6.07, 6.45) is 4.75. The molecule has 4 rings (SSSR count). The number of rotatable bonds is 4. The van der Waals surface area contributed by atoms with Gasteiger partial charge in [0.15, 0.2) is 0 Å². The summed E-state index contributed by atoms with van der Waals surface area (Å²) in [5.41, 5.74) is 1.11. The average Bonchev–Trinajstić information content (AvgIpc) is 2.69. The summed E-state index contributed by atoms with van der Waals surface area (Å²) in [5.74, 6) is 0. The molecule has 2 aromatic heterocycles. The minimum absolute atomic E-state index is 0.101. The highest BCUT2D eigenvalue weighted by Gasteiger charge is 2.20. The average molecular weight is 430 g/mol. The summed E-state index contributed by atoms with van der Waals surface area (Å²) >= 11 is 7.85. The van der Waals surface area contributed by atoms with E-state index in [1.54, 1.807) is 30.8 Å². The Morgan fingerprint density at radius 2 is 1.79 bits per heavy atom. The number of pyridine rings is 2. The van der Waals surface area contributed by atoms with E-state index in [9.17, 15) is 14.3 Å². The van der Waals surface area contributed by atoms with Crippen LogP contribution in [-0.2, 0) is 10.8 Å². The molecular formula is C19H12ClN3O3S2. The molecule has 9 heteroatoms. The first-order valence-corrected chi connectivity index (χ1v) is 10.8. The van der Waals surface area contributed by atoms with Crippen LogP contribution in [0.3, 0.4) is 0 Å². The van der Waals surface area contributed by atoms with E-state index >= 15 is 0 Å². The predicted octanol–water partition coefficient (Wildman–Crippen LogP) is 5.23. The normalized spacial score (nSPS) is 12.4. The van der Waals surface area contributed by atoms with Crippen molar-refractivity contribution in [3.8, 4) is 0 Å². The van der Waals surface area contributed by atoms with Gasteiger partial charge < -0.3 is 0 Å². The maximum atomic E-state index is 12.3. The Hall–Kier alpha value is -2.55. The second-order valence-electron chi connectivity index (χ2n) is 5.89. The largest absolute Gasteiger partial charge is 0.280 e. The molecule has 1 unspecified atom stereocenters. The van der Waals surface area contributed by atoms with Crippen LogP contribution in [0.1, 0.15) is 0 Å². The van der Waals surface area contributed by atoms with E-state index in [1.165, 1.54) is 17.8 Å². The number of hydrogen-bond acceptors (Lipinski definition) is 6. The molecule has 0 bridgehead atoms. The topological polar surface area (TPSA) is 86.0 Å². The van der Waals surface area contributed by atoms with Crippen molar-refractivity contribution in [2.45, 2.75) is 14.7 Å². The van der Waals surface area contributed by atoms with Gasteiger partial charge in [0.25, 0.3) is 5.69 Å². The van der Waals surface area contributed by atoms with Gasteiger partial charge in [-0.3, -0.25) is 24.3 Å². The second-order valence-corrected chi connectivity index (χ2v) is 8.67. The van der Waals surface area contributed by atoms with Gasteiger partial charge >= 0.3 is 0 Å². The number of nitro benzene ring substituents is 1. The fourth-order valence-electron chi connectivity index (χ4n) is 2.91. The van der Waals surface area contributed by atoms with E-state index in [0.717, 1.165) is 15.8 Å². The molecule has 6 nitrogen and oxygen atoms in total. The molecule has 0 aliphatic heterocycles. The Labute approximate surface area is 171 Å². The molecule has 0 spiro atoms. The Morgan fingerprint density at radius 1 is 1.07 bits per heavy atom. The van der Waals surface area contributed by atoms with E-state index in [2.05, 4.69) is 9.97 Å². The number of fused-ring (bicyclic) bond motifs is 2. The molecule has 2 heterocycles. The van der Waals surface area contributed by atoms with Crippen molar-refractivity contribution >= 4 is 61.7 Å². The summed E-state index contributed by atoms with van der Waals surface area (Å²) in [6.45, 7) is 0. The van der Waals surface area contributed by atoms with Gasteiger partial charge in [-0.1, -0.05) is 47.6 Å². The molecule has 28 heavy (non-hydrogen) atoms. The first-order valence-electron chi connectivity index (χ1n) is 8.08. The Morgan fingerprint density at radius 3 is 2.54 bits per heavy atom. The van der Waals surface area contributed by atoms with Crippen molar-refractivity contribution in [3.63, 3.8) is 0 Å². The van der Waals surface area contributed by atoms with E-state index in [4.69, 9.17) is 11.6 Å².